The second-order valence-corrected chi connectivity index (χ2v) is 5.56. The average Bonchev–Trinajstić information content (AvgIpc) is 2.99. The van der Waals surface area contributed by atoms with E-state index < -0.39 is 0 Å². The van der Waals surface area contributed by atoms with Crippen molar-refractivity contribution in [2.24, 2.45) is 5.92 Å². The summed E-state index contributed by atoms with van der Waals surface area (Å²) in [4.78, 5) is 4.64. The Kier molecular flexibility index (Phi) is 4.46. The molecule has 3 nitrogen and oxygen atoms in total. The second kappa shape index (κ2) is 6.68. The van der Waals surface area contributed by atoms with Gasteiger partial charge in [-0.2, -0.15) is 0 Å². The van der Waals surface area contributed by atoms with Gasteiger partial charge >= 0.3 is 0 Å². The fourth-order valence-corrected chi connectivity index (χ4v) is 2.72. The molecular formula is C17H20FN3. The van der Waals surface area contributed by atoms with Crippen LogP contribution in [0, 0.1) is 11.7 Å². The Morgan fingerprint density at radius 1 is 1.24 bits per heavy atom. The molecule has 2 heterocycles. The van der Waals surface area contributed by atoms with Gasteiger partial charge in [-0.05, 0) is 61.7 Å². The molecule has 0 spiro atoms. The van der Waals surface area contributed by atoms with Crippen LogP contribution >= 0.6 is 0 Å². The lowest BCUT2D eigenvalue weighted by Crippen LogP contribution is -2.12. The number of hydrogen-bond acceptors (Lipinski definition) is 3. The molecule has 2 N–H and O–H groups in total. The molecule has 0 bridgehead atoms. The molecule has 1 aromatic carbocycles. The minimum absolute atomic E-state index is 0.204. The third kappa shape index (κ3) is 4.02. The highest BCUT2D eigenvalue weighted by Crippen LogP contribution is 2.15. The summed E-state index contributed by atoms with van der Waals surface area (Å²) in [6, 6.07) is 12.7. The number of anilines is 1. The first-order valence-corrected chi connectivity index (χ1v) is 7.44. The van der Waals surface area contributed by atoms with Gasteiger partial charge in [-0.15, -0.1) is 0 Å². The Balaban J connectivity index is 1.60. The number of aromatic nitrogens is 1. The van der Waals surface area contributed by atoms with Crippen LogP contribution in [0.4, 0.5) is 10.2 Å². The van der Waals surface area contributed by atoms with Gasteiger partial charge in [0.25, 0.3) is 0 Å². The van der Waals surface area contributed by atoms with E-state index in [2.05, 4.69) is 21.7 Å². The summed E-state index contributed by atoms with van der Waals surface area (Å²) >= 11 is 0. The normalized spacial score (nSPS) is 17.9. The first kappa shape index (κ1) is 14.0. The van der Waals surface area contributed by atoms with Gasteiger partial charge in [-0.1, -0.05) is 18.2 Å². The van der Waals surface area contributed by atoms with Crippen LogP contribution in [0.15, 0.2) is 42.5 Å². The summed E-state index contributed by atoms with van der Waals surface area (Å²) < 4.78 is 13.1. The van der Waals surface area contributed by atoms with Crippen LogP contribution in [0.25, 0.3) is 0 Å². The number of rotatable bonds is 5. The van der Waals surface area contributed by atoms with Crippen LogP contribution < -0.4 is 10.6 Å². The molecule has 1 fully saturated rings. The number of pyridine rings is 1. The van der Waals surface area contributed by atoms with E-state index >= 15 is 0 Å². The van der Waals surface area contributed by atoms with Gasteiger partial charge in [0.05, 0.1) is 0 Å². The van der Waals surface area contributed by atoms with Crippen LogP contribution in [0.5, 0.6) is 0 Å². The maximum absolute atomic E-state index is 13.1. The van der Waals surface area contributed by atoms with E-state index in [1.165, 1.54) is 12.5 Å². The summed E-state index contributed by atoms with van der Waals surface area (Å²) in [6.07, 6.45) is 2.24. The number of hydrogen-bond donors (Lipinski definition) is 2. The lowest BCUT2D eigenvalue weighted by Gasteiger charge is -2.10. The van der Waals surface area contributed by atoms with E-state index in [4.69, 9.17) is 0 Å². The molecule has 1 aliphatic rings. The Labute approximate surface area is 124 Å². The van der Waals surface area contributed by atoms with Crippen molar-refractivity contribution in [3.63, 3.8) is 0 Å². The molecule has 0 saturated carbocycles. The van der Waals surface area contributed by atoms with Gasteiger partial charge in [-0.3, -0.25) is 0 Å². The smallest absolute Gasteiger partial charge is 0.126 e. The van der Waals surface area contributed by atoms with Crippen LogP contribution in [0.2, 0.25) is 0 Å². The molecule has 1 saturated heterocycles. The Hall–Kier alpha value is -1.94. The molecule has 0 amide bonds. The summed E-state index contributed by atoms with van der Waals surface area (Å²) in [5, 5.41) is 6.64. The molecule has 21 heavy (non-hydrogen) atoms. The highest BCUT2D eigenvalue weighted by Gasteiger charge is 2.15. The van der Waals surface area contributed by atoms with Gasteiger partial charge in [0, 0.05) is 12.2 Å². The zero-order chi connectivity index (χ0) is 14.5. The van der Waals surface area contributed by atoms with Gasteiger partial charge in [0.2, 0.25) is 0 Å². The molecule has 0 unspecified atom stereocenters. The van der Waals surface area contributed by atoms with E-state index in [1.54, 1.807) is 12.1 Å². The molecule has 1 atom stereocenters. The van der Waals surface area contributed by atoms with Crippen molar-refractivity contribution in [1.82, 2.24) is 10.3 Å². The zero-order valence-corrected chi connectivity index (χ0v) is 12.0. The second-order valence-electron chi connectivity index (χ2n) is 5.56. The molecule has 0 aliphatic carbocycles. The van der Waals surface area contributed by atoms with Crippen molar-refractivity contribution in [3.8, 4) is 0 Å². The van der Waals surface area contributed by atoms with Crippen LogP contribution in [0.3, 0.4) is 0 Å². The fourth-order valence-electron chi connectivity index (χ4n) is 2.72. The van der Waals surface area contributed by atoms with Crippen molar-refractivity contribution >= 4 is 5.82 Å². The van der Waals surface area contributed by atoms with E-state index in [1.807, 2.05) is 18.2 Å². The summed E-state index contributed by atoms with van der Waals surface area (Å²) in [5.74, 6) is 1.34. The molecule has 4 heteroatoms. The minimum atomic E-state index is -0.204. The lowest BCUT2D eigenvalue weighted by atomic mass is 10.0. The van der Waals surface area contributed by atoms with E-state index in [0.717, 1.165) is 36.6 Å². The van der Waals surface area contributed by atoms with Crippen LogP contribution in [-0.2, 0) is 13.0 Å². The largest absolute Gasteiger partial charge is 0.366 e. The number of nitrogens with zero attached hydrogens (tertiary/aromatic N) is 1. The topological polar surface area (TPSA) is 37.0 Å². The number of benzene rings is 1. The molecule has 0 radical (unpaired) electrons. The van der Waals surface area contributed by atoms with Crippen LogP contribution in [0.1, 0.15) is 17.7 Å². The summed E-state index contributed by atoms with van der Waals surface area (Å²) in [6.45, 7) is 2.78. The molecular weight excluding hydrogens is 265 g/mol. The van der Waals surface area contributed by atoms with Gasteiger partial charge in [0.1, 0.15) is 11.6 Å². The van der Waals surface area contributed by atoms with Crippen molar-refractivity contribution in [2.75, 3.05) is 18.4 Å². The number of halogens is 1. The monoisotopic (exact) mass is 285 g/mol. The van der Waals surface area contributed by atoms with E-state index in [0.29, 0.717) is 12.5 Å². The predicted molar refractivity (Wildman–Crippen MR) is 82.6 cm³/mol. The molecule has 1 aromatic heterocycles. The quantitative estimate of drug-likeness (QED) is 0.887. The van der Waals surface area contributed by atoms with Gasteiger partial charge in [-0.25, -0.2) is 9.37 Å². The minimum Gasteiger partial charge on any atom is -0.366 e. The van der Waals surface area contributed by atoms with Gasteiger partial charge in [0.15, 0.2) is 0 Å². The highest BCUT2D eigenvalue weighted by molar-refractivity contribution is 5.36. The first-order chi connectivity index (χ1) is 10.3. The van der Waals surface area contributed by atoms with Crippen molar-refractivity contribution in [1.29, 1.82) is 0 Å². The summed E-state index contributed by atoms with van der Waals surface area (Å²) in [5.41, 5.74) is 2.04. The van der Waals surface area contributed by atoms with Gasteiger partial charge < -0.3 is 10.6 Å². The Morgan fingerprint density at radius 3 is 2.95 bits per heavy atom. The van der Waals surface area contributed by atoms with Crippen molar-refractivity contribution in [3.05, 3.63) is 59.5 Å². The third-order valence-electron chi connectivity index (χ3n) is 3.83. The molecule has 3 rings (SSSR count). The highest BCUT2D eigenvalue weighted by atomic mass is 19.1. The average molecular weight is 285 g/mol. The van der Waals surface area contributed by atoms with Crippen molar-refractivity contribution < 1.29 is 4.39 Å². The maximum atomic E-state index is 13.1. The van der Waals surface area contributed by atoms with Crippen molar-refractivity contribution in [2.45, 2.75) is 19.4 Å². The third-order valence-corrected chi connectivity index (χ3v) is 3.83. The first-order valence-electron chi connectivity index (χ1n) is 7.44. The van der Waals surface area contributed by atoms with Crippen LogP contribution in [-0.4, -0.2) is 18.1 Å². The summed E-state index contributed by atoms with van der Waals surface area (Å²) in [7, 11) is 0. The standard InChI is InChI=1S/C17H20FN3/c18-15-4-1-3-13(9-15)12-20-17-6-2-5-16(21-17)10-14-7-8-19-11-14/h1-6,9,14,19H,7-8,10-12H2,(H,20,21)/t14-/m1/s1. The maximum Gasteiger partial charge on any atom is 0.126 e. The molecule has 1 aliphatic heterocycles. The predicted octanol–water partition coefficient (Wildman–Crippen LogP) is 2.98. The molecule has 2 aromatic rings. The number of nitrogens with one attached hydrogen (secondary N) is 2. The Bertz CT molecular complexity index is 594. The van der Waals surface area contributed by atoms with E-state index in [9.17, 15) is 4.39 Å². The SMILES string of the molecule is Fc1cccc(CNc2cccc(C[C@H]3CCNC3)n2)c1. The Morgan fingerprint density at radius 2 is 2.14 bits per heavy atom. The molecule has 110 valence electrons. The van der Waals surface area contributed by atoms with E-state index in [-0.39, 0.29) is 5.82 Å². The lowest BCUT2D eigenvalue weighted by molar-refractivity contribution is 0.572. The fraction of sp³-hybridized carbons (Fsp3) is 0.353. The zero-order valence-electron chi connectivity index (χ0n) is 12.0.